The highest BCUT2D eigenvalue weighted by atomic mass is 15.1. The van der Waals surface area contributed by atoms with Crippen molar-refractivity contribution in [3.8, 4) is 0 Å². The summed E-state index contributed by atoms with van der Waals surface area (Å²) in [7, 11) is 2.01. The van der Waals surface area contributed by atoms with Crippen molar-refractivity contribution in [3.05, 3.63) is 24.4 Å². The third-order valence-corrected chi connectivity index (χ3v) is 1.13. The minimum Gasteiger partial charge on any atom is -0.379 e. The van der Waals surface area contributed by atoms with Gasteiger partial charge in [-0.05, 0) is 19.2 Å². The maximum atomic E-state index is 5.34. The number of likely N-dealkylation sites (N-methyl/N-ethyl adjacent to an activating group) is 1. The van der Waals surface area contributed by atoms with E-state index in [0.717, 1.165) is 6.54 Å². The smallest absolute Gasteiger partial charge is 0.0292 e. The Balaban J connectivity index is 3.44. The minimum atomic E-state index is 0.705. The third-order valence-electron chi connectivity index (χ3n) is 1.13. The van der Waals surface area contributed by atoms with E-state index >= 15 is 0 Å². The zero-order valence-electron chi connectivity index (χ0n) is 6.75. The van der Waals surface area contributed by atoms with Crippen LogP contribution in [0.3, 0.4) is 0 Å². The Bertz CT molecular complexity index is 116. The average Bonchev–Trinajstić information content (AvgIpc) is 1.89. The van der Waals surface area contributed by atoms with Crippen LogP contribution in [0.25, 0.3) is 0 Å². The van der Waals surface area contributed by atoms with E-state index < -0.39 is 0 Å². The van der Waals surface area contributed by atoms with E-state index in [9.17, 15) is 0 Å². The Morgan fingerprint density at radius 3 is 2.60 bits per heavy atom. The summed E-state index contributed by atoms with van der Waals surface area (Å²) in [6.45, 7) is 3.61. The molecule has 0 fully saturated rings. The van der Waals surface area contributed by atoms with Gasteiger partial charge in [0.05, 0.1) is 0 Å². The first kappa shape index (κ1) is 9.24. The first-order valence-electron chi connectivity index (χ1n) is 3.51. The fourth-order valence-corrected chi connectivity index (χ4v) is 0.586. The SMILES string of the molecule is C/C=C\C=C\N(C)CCN. The molecular weight excluding hydrogens is 124 g/mol. The topological polar surface area (TPSA) is 29.3 Å². The molecule has 0 spiro atoms. The maximum Gasteiger partial charge on any atom is 0.0292 e. The van der Waals surface area contributed by atoms with E-state index in [1.807, 2.05) is 38.4 Å². The minimum absolute atomic E-state index is 0.705. The van der Waals surface area contributed by atoms with Crippen LogP contribution in [0.5, 0.6) is 0 Å². The molecule has 2 N–H and O–H groups in total. The second-order valence-corrected chi connectivity index (χ2v) is 2.14. The van der Waals surface area contributed by atoms with Crippen molar-refractivity contribution in [2.75, 3.05) is 20.1 Å². The highest BCUT2D eigenvalue weighted by Crippen LogP contribution is 1.83. The number of hydrogen-bond donors (Lipinski definition) is 1. The lowest BCUT2D eigenvalue weighted by molar-refractivity contribution is 0.467. The van der Waals surface area contributed by atoms with E-state index in [-0.39, 0.29) is 0 Å². The van der Waals surface area contributed by atoms with Crippen LogP contribution < -0.4 is 5.73 Å². The van der Waals surface area contributed by atoms with Gasteiger partial charge in [0.25, 0.3) is 0 Å². The van der Waals surface area contributed by atoms with Crippen molar-refractivity contribution >= 4 is 0 Å². The molecule has 0 bridgehead atoms. The molecule has 0 aromatic rings. The second kappa shape index (κ2) is 6.36. The van der Waals surface area contributed by atoms with Crippen molar-refractivity contribution in [2.45, 2.75) is 6.92 Å². The predicted octanol–water partition coefficient (Wildman–Crippen LogP) is 0.967. The molecule has 0 radical (unpaired) electrons. The van der Waals surface area contributed by atoms with Gasteiger partial charge in [0.1, 0.15) is 0 Å². The lowest BCUT2D eigenvalue weighted by Crippen LogP contribution is -2.19. The fourth-order valence-electron chi connectivity index (χ4n) is 0.586. The van der Waals surface area contributed by atoms with Crippen molar-refractivity contribution in [1.82, 2.24) is 4.90 Å². The molecule has 2 nitrogen and oxygen atoms in total. The summed E-state index contributed by atoms with van der Waals surface area (Å²) in [4.78, 5) is 2.06. The molecule has 0 aliphatic heterocycles. The van der Waals surface area contributed by atoms with Crippen molar-refractivity contribution in [3.63, 3.8) is 0 Å². The van der Waals surface area contributed by atoms with Gasteiger partial charge < -0.3 is 10.6 Å². The standard InChI is InChI=1S/C8H16N2/c1-3-4-5-7-10(2)8-6-9/h3-5,7H,6,8-9H2,1-2H3/b4-3-,7-5+. The molecule has 0 saturated heterocycles. The predicted molar refractivity (Wildman–Crippen MR) is 45.6 cm³/mol. The molecule has 0 atom stereocenters. The molecule has 0 heterocycles. The van der Waals surface area contributed by atoms with E-state index in [1.54, 1.807) is 0 Å². The third kappa shape index (κ3) is 5.38. The summed E-state index contributed by atoms with van der Waals surface area (Å²) in [6.07, 6.45) is 7.99. The zero-order chi connectivity index (χ0) is 7.82. The fraction of sp³-hybridized carbons (Fsp3) is 0.500. The highest BCUT2D eigenvalue weighted by Gasteiger charge is 1.83. The van der Waals surface area contributed by atoms with Gasteiger partial charge in [-0.1, -0.05) is 12.2 Å². The molecule has 0 unspecified atom stereocenters. The molecular formula is C8H16N2. The highest BCUT2D eigenvalue weighted by molar-refractivity contribution is 5.00. The van der Waals surface area contributed by atoms with Gasteiger partial charge in [-0.25, -0.2) is 0 Å². The quantitative estimate of drug-likeness (QED) is 0.589. The van der Waals surface area contributed by atoms with Crippen LogP contribution in [0.1, 0.15) is 6.92 Å². The van der Waals surface area contributed by atoms with Crippen molar-refractivity contribution < 1.29 is 0 Å². The van der Waals surface area contributed by atoms with E-state index in [0.29, 0.717) is 6.54 Å². The zero-order valence-corrected chi connectivity index (χ0v) is 6.75. The molecule has 0 rings (SSSR count). The van der Waals surface area contributed by atoms with Crippen molar-refractivity contribution in [2.24, 2.45) is 5.73 Å². The molecule has 2 heteroatoms. The molecule has 0 aromatic heterocycles. The monoisotopic (exact) mass is 140 g/mol. The Hall–Kier alpha value is -0.760. The summed E-state index contributed by atoms with van der Waals surface area (Å²) in [5.74, 6) is 0. The second-order valence-electron chi connectivity index (χ2n) is 2.14. The van der Waals surface area contributed by atoms with Gasteiger partial charge in [0.15, 0.2) is 0 Å². The summed E-state index contributed by atoms with van der Waals surface area (Å²) in [5, 5.41) is 0. The Morgan fingerprint density at radius 1 is 1.40 bits per heavy atom. The van der Waals surface area contributed by atoms with Crippen LogP contribution in [0, 0.1) is 0 Å². The van der Waals surface area contributed by atoms with Crippen LogP contribution in [-0.2, 0) is 0 Å². The van der Waals surface area contributed by atoms with Gasteiger partial charge in [0.2, 0.25) is 0 Å². The van der Waals surface area contributed by atoms with Gasteiger partial charge in [-0.15, -0.1) is 0 Å². The molecule has 0 aromatic carbocycles. The van der Waals surface area contributed by atoms with Gasteiger partial charge in [-0.2, -0.15) is 0 Å². The molecule has 0 aliphatic rings. The van der Waals surface area contributed by atoms with Crippen molar-refractivity contribution in [1.29, 1.82) is 0 Å². The Labute approximate surface area is 63.0 Å². The average molecular weight is 140 g/mol. The van der Waals surface area contributed by atoms with E-state index in [1.165, 1.54) is 0 Å². The van der Waals surface area contributed by atoms with E-state index in [2.05, 4.69) is 4.90 Å². The summed E-state index contributed by atoms with van der Waals surface area (Å²) in [5.41, 5.74) is 5.34. The normalized spacial score (nSPS) is 11.5. The maximum absolute atomic E-state index is 5.34. The lowest BCUT2D eigenvalue weighted by atomic mass is 10.5. The summed E-state index contributed by atoms with van der Waals surface area (Å²) >= 11 is 0. The van der Waals surface area contributed by atoms with Crippen LogP contribution in [0.2, 0.25) is 0 Å². The number of hydrogen-bond acceptors (Lipinski definition) is 2. The van der Waals surface area contributed by atoms with Gasteiger partial charge >= 0.3 is 0 Å². The molecule has 0 aliphatic carbocycles. The van der Waals surface area contributed by atoms with Crippen LogP contribution in [0.4, 0.5) is 0 Å². The van der Waals surface area contributed by atoms with Gasteiger partial charge in [0, 0.05) is 20.1 Å². The van der Waals surface area contributed by atoms with Crippen LogP contribution in [-0.4, -0.2) is 25.0 Å². The first-order chi connectivity index (χ1) is 4.81. The largest absolute Gasteiger partial charge is 0.379 e. The lowest BCUT2D eigenvalue weighted by Gasteiger charge is -2.10. The molecule has 58 valence electrons. The molecule has 0 amide bonds. The first-order valence-corrected chi connectivity index (χ1v) is 3.51. The van der Waals surface area contributed by atoms with Crippen LogP contribution >= 0.6 is 0 Å². The number of rotatable bonds is 4. The summed E-state index contributed by atoms with van der Waals surface area (Å²) < 4.78 is 0. The number of nitrogens with two attached hydrogens (primary N) is 1. The molecule has 10 heavy (non-hydrogen) atoms. The van der Waals surface area contributed by atoms with Gasteiger partial charge in [-0.3, -0.25) is 0 Å². The molecule has 0 saturated carbocycles. The Kier molecular flexibility index (Phi) is 5.88. The number of allylic oxidation sites excluding steroid dienone is 3. The number of nitrogens with zero attached hydrogens (tertiary/aromatic N) is 1. The van der Waals surface area contributed by atoms with Crippen LogP contribution in [0.15, 0.2) is 24.4 Å². The Morgan fingerprint density at radius 2 is 2.10 bits per heavy atom. The summed E-state index contributed by atoms with van der Waals surface area (Å²) in [6, 6.07) is 0. The van der Waals surface area contributed by atoms with E-state index in [4.69, 9.17) is 5.73 Å².